The average Bonchev–Trinajstić information content (AvgIpc) is 2.14. The lowest BCUT2D eigenvalue weighted by atomic mass is 9.62. The van der Waals surface area contributed by atoms with E-state index in [0.29, 0.717) is 0 Å². The lowest BCUT2D eigenvalue weighted by Gasteiger charge is -2.44. The molecule has 1 unspecified atom stereocenters. The van der Waals surface area contributed by atoms with E-state index in [1.807, 2.05) is 0 Å². The van der Waals surface area contributed by atoms with Crippen molar-refractivity contribution in [1.29, 1.82) is 0 Å². The van der Waals surface area contributed by atoms with Crippen molar-refractivity contribution in [3.05, 3.63) is 0 Å². The van der Waals surface area contributed by atoms with E-state index < -0.39 is 6.10 Å². The van der Waals surface area contributed by atoms with Crippen LogP contribution in [0.2, 0.25) is 0 Å². The number of rotatable bonds is 6. The molecular weight excluding hydrogens is 172 g/mol. The van der Waals surface area contributed by atoms with Crippen LogP contribution >= 0.6 is 0 Å². The summed E-state index contributed by atoms with van der Waals surface area (Å²) in [6.07, 6.45) is 14.5. The van der Waals surface area contributed by atoms with Crippen molar-refractivity contribution < 1.29 is 5.11 Å². The SMILES string of the molecule is C#CC(O)C1(CCCCCC)CCC1. The van der Waals surface area contributed by atoms with Crippen molar-refractivity contribution in [2.75, 3.05) is 0 Å². The summed E-state index contributed by atoms with van der Waals surface area (Å²) in [5, 5.41) is 9.75. The Morgan fingerprint density at radius 3 is 2.50 bits per heavy atom. The smallest absolute Gasteiger partial charge is 0.120 e. The van der Waals surface area contributed by atoms with Crippen molar-refractivity contribution >= 4 is 0 Å². The van der Waals surface area contributed by atoms with Crippen LogP contribution in [0.3, 0.4) is 0 Å². The van der Waals surface area contributed by atoms with Gasteiger partial charge < -0.3 is 5.11 Å². The molecule has 0 aromatic rings. The number of hydrogen-bond acceptors (Lipinski definition) is 1. The maximum absolute atomic E-state index is 9.75. The minimum atomic E-state index is -0.502. The first-order valence-corrected chi connectivity index (χ1v) is 5.89. The van der Waals surface area contributed by atoms with Crippen molar-refractivity contribution in [1.82, 2.24) is 0 Å². The first-order valence-electron chi connectivity index (χ1n) is 5.89. The molecular formula is C13H22O. The first kappa shape index (κ1) is 11.6. The molecule has 0 aromatic heterocycles. The number of hydrogen-bond donors (Lipinski definition) is 1. The number of aliphatic hydroxyl groups is 1. The van der Waals surface area contributed by atoms with E-state index in [4.69, 9.17) is 6.42 Å². The summed E-state index contributed by atoms with van der Waals surface area (Å²) in [6, 6.07) is 0. The van der Waals surface area contributed by atoms with Crippen LogP contribution in [0.15, 0.2) is 0 Å². The molecule has 0 radical (unpaired) electrons. The first-order chi connectivity index (χ1) is 6.75. The van der Waals surface area contributed by atoms with E-state index in [0.717, 1.165) is 19.3 Å². The van der Waals surface area contributed by atoms with E-state index in [-0.39, 0.29) is 5.41 Å². The molecule has 1 atom stereocenters. The van der Waals surface area contributed by atoms with Crippen molar-refractivity contribution in [2.45, 2.75) is 64.4 Å². The van der Waals surface area contributed by atoms with Crippen LogP contribution in [-0.2, 0) is 0 Å². The molecule has 1 fully saturated rings. The van der Waals surface area contributed by atoms with Crippen molar-refractivity contribution in [3.63, 3.8) is 0 Å². The highest BCUT2D eigenvalue weighted by molar-refractivity contribution is 5.07. The van der Waals surface area contributed by atoms with Gasteiger partial charge in [0.2, 0.25) is 0 Å². The second-order valence-corrected chi connectivity index (χ2v) is 4.60. The van der Waals surface area contributed by atoms with Gasteiger partial charge in [0, 0.05) is 5.41 Å². The average molecular weight is 194 g/mol. The minimum Gasteiger partial charge on any atom is -0.380 e. The molecule has 0 spiro atoms. The molecule has 1 aliphatic rings. The van der Waals surface area contributed by atoms with E-state index in [2.05, 4.69) is 12.8 Å². The molecule has 0 saturated heterocycles. The third-order valence-corrected chi connectivity index (χ3v) is 3.62. The van der Waals surface area contributed by atoms with Gasteiger partial charge in [0.1, 0.15) is 6.10 Å². The van der Waals surface area contributed by atoms with Gasteiger partial charge in [-0.15, -0.1) is 6.42 Å². The highest BCUT2D eigenvalue weighted by atomic mass is 16.3. The highest BCUT2D eigenvalue weighted by Crippen LogP contribution is 2.47. The molecule has 1 N–H and O–H groups in total. The molecule has 1 rings (SSSR count). The summed E-state index contributed by atoms with van der Waals surface area (Å²) in [5.74, 6) is 2.50. The van der Waals surface area contributed by atoms with Gasteiger partial charge in [-0.05, 0) is 19.3 Å². The molecule has 1 nitrogen and oxygen atoms in total. The Labute approximate surface area is 87.9 Å². The summed E-state index contributed by atoms with van der Waals surface area (Å²) < 4.78 is 0. The van der Waals surface area contributed by atoms with Crippen LogP contribution in [0.5, 0.6) is 0 Å². The van der Waals surface area contributed by atoms with Crippen LogP contribution in [0.4, 0.5) is 0 Å². The van der Waals surface area contributed by atoms with Gasteiger partial charge in [-0.2, -0.15) is 0 Å². The van der Waals surface area contributed by atoms with Crippen LogP contribution in [0.25, 0.3) is 0 Å². The van der Waals surface area contributed by atoms with Crippen LogP contribution in [-0.4, -0.2) is 11.2 Å². The van der Waals surface area contributed by atoms with Crippen molar-refractivity contribution in [2.24, 2.45) is 5.41 Å². The van der Waals surface area contributed by atoms with Crippen molar-refractivity contribution in [3.8, 4) is 12.3 Å². The highest BCUT2D eigenvalue weighted by Gasteiger charge is 2.41. The fourth-order valence-electron chi connectivity index (χ4n) is 2.37. The summed E-state index contributed by atoms with van der Waals surface area (Å²) in [4.78, 5) is 0. The van der Waals surface area contributed by atoms with Gasteiger partial charge in [-0.25, -0.2) is 0 Å². The predicted molar refractivity (Wildman–Crippen MR) is 59.9 cm³/mol. The fraction of sp³-hybridized carbons (Fsp3) is 0.846. The molecule has 0 aromatic carbocycles. The molecule has 0 amide bonds. The normalized spacial score (nSPS) is 20.9. The second kappa shape index (κ2) is 5.41. The van der Waals surface area contributed by atoms with Gasteiger partial charge in [0.15, 0.2) is 0 Å². The molecule has 1 heteroatoms. The van der Waals surface area contributed by atoms with E-state index >= 15 is 0 Å². The monoisotopic (exact) mass is 194 g/mol. The third kappa shape index (κ3) is 2.51. The molecule has 0 bridgehead atoms. The van der Waals surface area contributed by atoms with Gasteiger partial charge >= 0.3 is 0 Å². The molecule has 1 saturated carbocycles. The molecule has 0 aliphatic heterocycles. The topological polar surface area (TPSA) is 20.2 Å². The second-order valence-electron chi connectivity index (χ2n) is 4.60. The predicted octanol–water partition coefficient (Wildman–Crippen LogP) is 3.12. The third-order valence-electron chi connectivity index (χ3n) is 3.62. The van der Waals surface area contributed by atoms with Gasteiger partial charge in [0.05, 0.1) is 0 Å². The Balaban J connectivity index is 2.28. The summed E-state index contributed by atoms with van der Waals surface area (Å²) >= 11 is 0. The minimum absolute atomic E-state index is 0.0997. The number of terminal acetylenes is 1. The number of aliphatic hydroxyl groups excluding tert-OH is 1. The Morgan fingerprint density at radius 1 is 1.36 bits per heavy atom. The van der Waals surface area contributed by atoms with Crippen LogP contribution in [0, 0.1) is 17.8 Å². The molecule has 80 valence electrons. The van der Waals surface area contributed by atoms with Gasteiger partial charge in [0.25, 0.3) is 0 Å². The zero-order chi connectivity index (χ0) is 10.4. The standard InChI is InChI=1S/C13H22O/c1-3-5-6-7-9-13(10-8-11-13)12(14)4-2/h2,12,14H,3,5-11H2,1H3. The molecule has 1 aliphatic carbocycles. The summed E-state index contributed by atoms with van der Waals surface area (Å²) in [7, 11) is 0. The lowest BCUT2D eigenvalue weighted by Crippen LogP contribution is -2.40. The van der Waals surface area contributed by atoms with Gasteiger partial charge in [-0.1, -0.05) is 44.9 Å². The Morgan fingerprint density at radius 2 is 2.07 bits per heavy atom. The van der Waals surface area contributed by atoms with Gasteiger partial charge in [-0.3, -0.25) is 0 Å². The zero-order valence-corrected chi connectivity index (χ0v) is 9.26. The Kier molecular flexibility index (Phi) is 4.48. The maximum Gasteiger partial charge on any atom is 0.120 e. The van der Waals surface area contributed by atoms with Crippen LogP contribution in [0.1, 0.15) is 58.3 Å². The zero-order valence-electron chi connectivity index (χ0n) is 9.26. The molecule has 14 heavy (non-hydrogen) atoms. The lowest BCUT2D eigenvalue weighted by molar-refractivity contribution is -0.00855. The molecule has 0 heterocycles. The fourth-order valence-corrected chi connectivity index (χ4v) is 2.37. The Hall–Kier alpha value is -0.480. The maximum atomic E-state index is 9.75. The largest absolute Gasteiger partial charge is 0.380 e. The summed E-state index contributed by atoms with van der Waals surface area (Å²) in [6.45, 7) is 2.22. The van der Waals surface area contributed by atoms with E-state index in [1.54, 1.807) is 0 Å². The van der Waals surface area contributed by atoms with E-state index in [1.165, 1.54) is 32.1 Å². The Bertz CT molecular complexity index is 198. The quantitative estimate of drug-likeness (QED) is 0.509. The number of unbranched alkanes of at least 4 members (excludes halogenated alkanes) is 3. The van der Waals surface area contributed by atoms with Crippen LogP contribution < -0.4 is 0 Å². The van der Waals surface area contributed by atoms with E-state index in [9.17, 15) is 5.11 Å². The summed E-state index contributed by atoms with van der Waals surface area (Å²) in [5.41, 5.74) is 0.0997.